The van der Waals surface area contributed by atoms with Gasteiger partial charge in [0.05, 0.1) is 27.8 Å². The maximum atomic E-state index is 12.8. The van der Waals surface area contributed by atoms with Crippen molar-refractivity contribution in [1.82, 2.24) is 4.90 Å². The number of nitrogens with zero attached hydrogens (tertiary/aromatic N) is 3. The minimum atomic E-state index is -4.90. The number of hydrogen-bond acceptors (Lipinski definition) is 7. The summed E-state index contributed by atoms with van der Waals surface area (Å²) < 4.78 is 76.1. The monoisotopic (exact) mass is 546 g/mol. The Morgan fingerprint density at radius 3 is 2.13 bits per heavy atom. The van der Waals surface area contributed by atoms with E-state index in [0.717, 1.165) is 35.6 Å². The van der Waals surface area contributed by atoms with Crippen LogP contribution in [0.1, 0.15) is 0 Å². The molecular weight excluding hydrogens is 523 g/mol. The molecule has 12 heteroatoms. The van der Waals surface area contributed by atoms with Gasteiger partial charge in [0.1, 0.15) is 11.7 Å². The average molecular weight is 547 g/mol. The second kappa shape index (κ2) is 9.83. The van der Waals surface area contributed by atoms with Crippen molar-refractivity contribution in [3.8, 4) is 23.3 Å². The maximum Gasteiger partial charge on any atom is 0.573 e. The Balaban J connectivity index is 1.43. The van der Waals surface area contributed by atoms with Gasteiger partial charge in [-0.2, -0.15) is 0 Å². The summed E-state index contributed by atoms with van der Waals surface area (Å²) in [6, 6.07) is 20.7. The number of benzene rings is 3. The summed E-state index contributed by atoms with van der Waals surface area (Å²) in [7, 11) is -2.44. The number of likely N-dealkylation sites (tertiary alicyclic amines) is 1. The molecule has 8 nitrogen and oxygen atoms in total. The van der Waals surface area contributed by atoms with E-state index in [1.54, 1.807) is 0 Å². The number of anilines is 2. The van der Waals surface area contributed by atoms with Gasteiger partial charge < -0.3 is 24.4 Å². The van der Waals surface area contributed by atoms with Gasteiger partial charge in [-0.25, -0.2) is 0 Å². The van der Waals surface area contributed by atoms with E-state index in [9.17, 15) is 26.7 Å². The number of aliphatic hydroxyl groups excluding tert-OH is 1. The molecule has 2 heterocycles. The number of halogens is 3. The lowest BCUT2D eigenvalue weighted by molar-refractivity contribution is -0.274. The molecule has 38 heavy (non-hydrogen) atoms. The van der Waals surface area contributed by atoms with Gasteiger partial charge in [0.25, 0.3) is 0 Å². The van der Waals surface area contributed by atoms with Gasteiger partial charge >= 0.3 is 22.5 Å². The van der Waals surface area contributed by atoms with Crippen molar-refractivity contribution in [2.45, 2.75) is 23.4 Å². The molecule has 2 aliphatic heterocycles. The summed E-state index contributed by atoms with van der Waals surface area (Å²) in [6.07, 6.45) is -5.94. The van der Waals surface area contributed by atoms with Crippen LogP contribution in [0, 0.1) is 12.0 Å². The quantitative estimate of drug-likeness (QED) is 0.503. The first-order chi connectivity index (χ1) is 18.0. The van der Waals surface area contributed by atoms with Crippen LogP contribution in [0.15, 0.2) is 77.7 Å². The molecule has 5 rings (SSSR count). The normalized spacial score (nSPS) is 21.4. The van der Waals surface area contributed by atoms with Gasteiger partial charge in [0.15, 0.2) is 16.4 Å². The van der Waals surface area contributed by atoms with Crippen molar-refractivity contribution in [3.63, 3.8) is 0 Å². The smallest absolute Gasteiger partial charge is 0.453 e. The number of hydrogen-bond donors (Lipinski definition) is 1. The predicted molar refractivity (Wildman–Crippen MR) is 133 cm³/mol. The SMILES string of the molecule is CN1CC(C#[N+]S(=O)(=O)c2ccc(OC(F)(F)F)cc2)[C@H](O)[C@@H](N2c3ccccc3Oc3ccccc32)C1. The summed E-state index contributed by atoms with van der Waals surface area (Å²) in [5.74, 6) is -0.0751. The summed E-state index contributed by atoms with van der Waals surface area (Å²) in [4.78, 5) is 3.60. The van der Waals surface area contributed by atoms with Gasteiger partial charge in [-0.1, -0.05) is 24.3 Å². The number of fused-ring (bicyclic) bond motifs is 2. The van der Waals surface area contributed by atoms with Crippen LogP contribution in [-0.4, -0.2) is 57.1 Å². The lowest BCUT2D eigenvalue weighted by atomic mass is 9.90. The molecule has 3 aromatic carbocycles. The molecule has 1 saturated heterocycles. The molecular formula is C26H23F3N3O5S+. The van der Waals surface area contributed by atoms with Gasteiger partial charge in [-0.3, -0.25) is 0 Å². The molecule has 0 amide bonds. The van der Waals surface area contributed by atoms with Gasteiger partial charge in [0.2, 0.25) is 0 Å². The first-order valence-corrected chi connectivity index (χ1v) is 13.1. The zero-order valence-electron chi connectivity index (χ0n) is 20.0. The Hall–Kier alpha value is -3.79. The summed E-state index contributed by atoms with van der Waals surface area (Å²) in [5.41, 5.74) is 1.52. The largest absolute Gasteiger partial charge is 0.573 e. The van der Waals surface area contributed by atoms with Crippen LogP contribution in [-0.2, 0) is 10.0 Å². The number of para-hydroxylation sites is 4. The van der Waals surface area contributed by atoms with Gasteiger partial charge in [-0.15, -0.1) is 21.6 Å². The molecule has 0 saturated carbocycles. The van der Waals surface area contributed by atoms with E-state index in [-0.39, 0.29) is 4.90 Å². The molecule has 0 radical (unpaired) electrons. The third-order valence-corrected chi connectivity index (χ3v) is 7.52. The highest BCUT2D eigenvalue weighted by atomic mass is 32.2. The Kier molecular flexibility index (Phi) is 6.68. The third kappa shape index (κ3) is 5.26. The predicted octanol–water partition coefficient (Wildman–Crippen LogP) is 4.84. The summed E-state index contributed by atoms with van der Waals surface area (Å²) >= 11 is 0. The topological polar surface area (TPSA) is 83.7 Å². The van der Waals surface area contributed by atoms with Crippen molar-refractivity contribution < 1.29 is 36.2 Å². The average Bonchev–Trinajstić information content (AvgIpc) is 2.87. The Bertz CT molecular complexity index is 1460. The lowest BCUT2D eigenvalue weighted by Gasteiger charge is -2.45. The zero-order valence-corrected chi connectivity index (χ0v) is 20.9. The molecule has 1 fully saturated rings. The van der Waals surface area contributed by atoms with Crippen LogP contribution < -0.4 is 14.4 Å². The van der Waals surface area contributed by atoms with E-state index < -0.39 is 40.2 Å². The fourth-order valence-corrected chi connectivity index (χ4v) is 5.52. The summed E-state index contributed by atoms with van der Waals surface area (Å²) in [5, 5.41) is 11.4. The molecule has 3 atom stereocenters. The molecule has 1 unspecified atom stereocenters. The van der Waals surface area contributed by atoms with Crippen molar-refractivity contribution >= 4 is 21.4 Å². The molecule has 0 aromatic heterocycles. The Morgan fingerprint density at radius 2 is 1.55 bits per heavy atom. The molecule has 1 N–H and O–H groups in total. The molecule has 0 aliphatic carbocycles. The lowest BCUT2D eigenvalue weighted by Crippen LogP contribution is -2.57. The first kappa shape index (κ1) is 25.8. The fraction of sp³-hybridized carbons (Fsp3) is 0.269. The van der Waals surface area contributed by atoms with E-state index in [0.29, 0.717) is 24.6 Å². The van der Waals surface area contributed by atoms with E-state index in [1.807, 2.05) is 65.4 Å². The molecule has 3 aromatic rings. The van der Waals surface area contributed by atoms with Crippen LogP contribution in [0.4, 0.5) is 24.5 Å². The number of rotatable bonds is 3. The Labute approximate surface area is 217 Å². The van der Waals surface area contributed by atoms with Crippen LogP contribution in [0.3, 0.4) is 0 Å². The minimum absolute atomic E-state index is 0.294. The minimum Gasteiger partial charge on any atom is -0.453 e. The van der Waals surface area contributed by atoms with E-state index >= 15 is 0 Å². The number of ether oxygens (including phenoxy) is 2. The molecule has 0 spiro atoms. The number of sulfonamides is 1. The Morgan fingerprint density at radius 1 is 0.974 bits per heavy atom. The number of piperidine rings is 1. The van der Waals surface area contributed by atoms with E-state index in [1.165, 1.54) is 0 Å². The highest BCUT2D eigenvalue weighted by Crippen LogP contribution is 2.48. The van der Waals surface area contributed by atoms with Gasteiger partial charge in [-0.05, 0) is 55.6 Å². The molecule has 2 aliphatic rings. The first-order valence-electron chi connectivity index (χ1n) is 11.6. The van der Waals surface area contributed by atoms with E-state index in [4.69, 9.17) is 4.74 Å². The second-order valence-corrected chi connectivity index (χ2v) is 10.6. The fourth-order valence-electron chi connectivity index (χ4n) is 4.66. The number of alkyl halides is 3. The van der Waals surface area contributed by atoms with Crippen molar-refractivity contribution in [2.24, 2.45) is 5.92 Å². The van der Waals surface area contributed by atoms with Crippen LogP contribution in [0.5, 0.6) is 17.2 Å². The van der Waals surface area contributed by atoms with E-state index in [2.05, 4.69) is 15.1 Å². The number of likely N-dealkylation sites (N-methyl/N-ethyl adjacent to an activating group) is 1. The third-order valence-electron chi connectivity index (χ3n) is 6.31. The molecule has 198 valence electrons. The number of aliphatic hydroxyl groups is 1. The standard InChI is InChI=1S/C26H23F3N3O5S/c1-31-15-17(14-30-38(34,35)19-12-10-18(11-13-19)37-26(27,28)29)25(33)22(16-31)32-20-6-2-4-8-23(20)36-24-9-5-3-7-21(24)32/h2-13,17,22,25,33H,15-16H2,1H3/q+1/t17?,22-,25-/m0/s1. The summed E-state index contributed by atoms with van der Waals surface area (Å²) in [6.45, 7) is 0.762. The van der Waals surface area contributed by atoms with Crippen LogP contribution in [0.2, 0.25) is 0 Å². The van der Waals surface area contributed by atoms with Crippen molar-refractivity contribution in [1.29, 1.82) is 0 Å². The van der Waals surface area contributed by atoms with Crippen molar-refractivity contribution in [2.75, 3.05) is 25.0 Å². The highest BCUT2D eigenvalue weighted by Gasteiger charge is 2.43. The van der Waals surface area contributed by atoms with Crippen molar-refractivity contribution in [3.05, 3.63) is 77.0 Å². The van der Waals surface area contributed by atoms with Gasteiger partial charge in [0, 0.05) is 13.1 Å². The molecule has 0 bridgehead atoms. The highest BCUT2D eigenvalue weighted by molar-refractivity contribution is 7.93. The zero-order chi connectivity index (χ0) is 27.1. The van der Waals surface area contributed by atoms with Crippen LogP contribution in [0.25, 0.3) is 4.25 Å². The van der Waals surface area contributed by atoms with Crippen LogP contribution >= 0.6 is 0 Å². The second-order valence-electron chi connectivity index (χ2n) is 9.01. The maximum absolute atomic E-state index is 12.8.